The van der Waals surface area contributed by atoms with Gasteiger partial charge in [-0.05, 0) is 12.8 Å². The van der Waals surface area contributed by atoms with Crippen LogP contribution in [0.25, 0.3) is 0 Å². The second-order valence-electron chi connectivity index (χ2n) is 2.81. The highest BCUT2D eigenvalue weighted by atomic mass is 16.5. The Hall–Kier alpha value is -1.06. The largest absolute Gasteiger partial charge is 0.459 e. The first-order chi connectivity index (χ1) is 5.18. The van der Waals surface area contributed by atoms with Crippen LogP contribution in [0.1, 0.15) is 19.8 Å². The number of hydrogen-bond acceptors (Lipinski definition) is 3. The minimum absolute atomic E-state index is 0.0919. The molecule has 0 saturated heterocycles. The summed E-state index contributed by atoms with van der Waals surface area (Å²) in [5.41, 5.74) is -0.368. The minimum atomic E-state index is -0.368. The quantitative estimate of drug-likeness (QED) is 0.576. The Morgan fingerprint density at radius 2 is 2.36 bits per heavy atom. The van der Waals surface area contributed by atoms with E-state index in [0.717, 1.165) is 12.8 Å². The van der Waals surface area contributed by atoms with Gasteiger partial charge >= 0.3 is 0 Å². The molecule has 4 nitrogen and oxygen atoms in total. The second-order valence-corrected chi connectivity index (χ2v) is 2.81. The van der Waals surface area contributed by atoms with Crippen LogP contribution in [0.4, 0.5) is 0 Å². The lowest BCUT2D eigenvalue weighted by Gasteiger charge is -2.12. The molecule has 0 atom stereocenters. The fourth-order valence-electron chi connectivity index (χ4n) is 0.863. The van der Waals surface area contributed by atoms with Gasteiger partial charge in [-0.2, -0.15) is 0 Å². The monoisotopic (exact) mass is 157 g/mol. The number of hydrogen-bond donors (Lipinski definition) is 1. The smallest absolute Gasteiger partial charge is 0.293 e. The molecule has 0 radical (unpaired) electrons. The van der Waals surface area contributed by atoms with Gasteiger partial charge in [0.25, 0.3) is 6.47 Å². The number of nitrogens with one attached hydrogen (secondary N) is 1. The molecule has 0 aromatic heterocycles. The van der Waals surface area contributed by atoms with Gasteiger partial charge in [-0.25, -0.2) is 0 Å². The topological polar surface area (TPSA) is 55.4 Å². The molecule has 1 rings (SSSR count). The molecule has 0 spiro atoms. The van der Waals surface area contributed by atoms with Gasteiger partial charge in [-0.3, -0.25) is 9.59 Å². The molecule has 11 heavy (non-hydrogen) atoms. The fourth-order valence-corrected chi connectivity index (χ4v) is 0.863. The lowest BCUT2D eigenvalue weighted by molar-refractivity contribution is -0.136. The molecule has 0 aliphatic heterocycles. The average Bonchev–Trinajstić information content (AvgIpc) is 2.67. The predicted molar refractivity (Wildman–Crippen MR) is 37.8 cm³/mol. The molecule has 62 valence electrons. The first-order valence-electron chi connectivity index (χ1n) is 3.54. The van der Waals surface area contributed by atoms with Gasteiger partial charge in [0.2, 0.25) is 5.91 Å². The van der Waals surface area contributed by atoms with Gasteiger partial charge in [0.1, 0.15) is 5.60 Å². The number of carbonyl (C=O) groups excluding carboxylic acids is 2. The number of ether oxygens (including phenoxy) is 1. The molecule has 0 aromatic rings. The van der Waals surface area contributed by atoms with Gasteiger partial charge in [-0.1, -0.05) is 0 Å². The van der Waals surface area contributed by atoms with Crippen LogP contribution < -0.4 is 5.32 Å². The molecule has 1 aliphatic carbocycles. The Morgan fingerprint density at radius 1 is 1.73 bits per heavy atom. The third kappa shape index (κ3) is 2.22. The molecule has 1 N–H and O–H groups in total. The van der Waals surface area contributed by atoms with Crippen molar-refractivity contribution < 1.29 is 14.3 Å². The van der Waals surface area contributed by atoms with Crippen molar-refractivity contribution in [3.8, 4) is 0 Å². The predicted octanol–water partition coefficient (Wildman–Crippen LogP) is -0.172. The van der Waals surface area contributed by atoms with Crippen molar-refractivity contribution in [3.63, 3.8) is 0 Å². The van der Waals surface area contributed by atoms with Crippen LogP contribution in [-0.4, -0.2) is 24.5 Å². The summed E-state index contributed by atoms with van der Waals surface area (Å²) < 4.78 is 4.80. The standard InChI is InChI=1S/C7H11NO3/c1-6(10)8-4-7(2-3-7)11-5-9/h5H,2-4H2,1H3,(H,8,10). The highest BCUT2D eigenvalue weighted by Gasteiger charge is 2.45. The second kappa shape index (κ2) is 2.90. The van der Waals surface area contributed by atoms with E-state index in [4.69, 9.17) is 4.74 Å². The van der Waals surface area contributed by atoms with E-state index in [1.807, 2.05) is 0 Å². The van der Waals surface area contributed by atoms with E-state index in [-0.39, 0.29) is 11.5 Å². The van der Waals surface area contributed by atoms with E-state index < -0.39 is 0 Å². The van der Waals surface area contributed by atoms with Crippen molar-refractivity contribution in [2.75, 3.05) is 6.54 Å². The average molecular weight is 157 g/mol. The summed E-state index contributed by atoms with van der Waals surface area (Å²) in [6, 6.07) is 0. The van der Waals surface area contributed by atoms with Crippen molar-refractivity contribution in [3.05, 3.63) is 0 Å². The van der Waals surface area contributed by atoms with Crippen LogP contribution in [0.3, 0.4) is 0 Å². The Morgan fingerprint density at radius 3 is 2.73 bits per heavy atom. The van der Waals surface area contributed by atoms with Crippen LogP contribution in [0.15, 0.2) is 0 Å². The molecular weight excluding hydrogens is 146 g/mol. The molecule has 4 heteroatoms. The van der Waals surface area contributed by atoms with Crippen molar-refractivity contribution in [2.24, 2.45) is 0 Å². The van der Waals surface area contributed by atoms with Gasteiger partial charge < -0.3 is 10.1 Å². The summed E-state index contributed by atoms with van der Waals surface area (Å²) in [7, 11) is 0. The molecule has 1 fully saturated rings. The van der Waals surface area contributed by atoms with Crippen LogP contribution in [0.2, 0.25) is 0 Å². The Labute approximate surface area is 64.9 Å². The highest BCUT2D eigenvalue weighted by molar-refractivity contribution is 5.73. The number of rotatable bonds is 4. The summed E-state index contributed by atoms with van der Waals surface area (Å²) in [5, 5.41) is 2.61. The molecule has 0 unspecified atom stereocenters. The Balaban J connectivity index is 2.24. The van der Waals surface area contributed by atoms with Crippen LogP contribution in [0, 0.1) is 0 Å². The number of amides is 1. The summed E-state index contributed by atoms with van der Waals surface area (Å²) in [4.78, 5) is 20.4. The number of carbonyl (C=O) groups is 2. The lowest BCUT2D eigenvalue weighted by atomic mass is 10.3. The molecule has 1 saturated carbocycles. The third-order valence-electron chi connectivity index (χ3n) is 1.77. The van der Waals surface area contributed by atoms with Gasteiger partial charge in [0.15, 0.2) is 0 Å². The van der Waals surface area contributed by atoms with Gasteiger partial charge in [-0.15, -0.1) is 0 Å². The first-order valence-corrected chi connectivity index (χ1v) is 3.54. The summed E-state index contributed by atoms with van der Waals surface area (Å²) in [5.74, 6) is -0.0919. The van der Waals surface area contributed by atoms with Crippen molar-refractivity contribution in [1.82, 2.24) is 5.32 Å². The molecule has 1 aliphatic rings. The highest BCUT2D eigenvalue weighted by Crippen LogP contribution is 2.37. The molecule has 1 amide bonds. The van der Waals surface area contributed by atoms with Crippen LogP contribution >= 0.6 is 0 Å². The lowest BCUT2D eigenvalue weighted by Crippen LogP contribution is -2.33. The minimum Gasteiger partial charge on any atom is -0.459 e. The van der Waals surface area contributed by atoms with E-state index in [9.17, 15) is 9.59 Å². The van der Waals surface area contributed by atoms with E-state index in [1.165, 1.54) is 6.92 Å². The summed E-state index contributed by atoms with van der Waals surface area (Å²) >= 11 is 0. The zero-order valence-corrected chi connectivity index (χ0v) is 6.42. The first kappa shape index (κ1) is 8.04. The maximum absolute atomic E-state index is 10.5. The maximum atomic E-state index is 10.5. The molecule has 0 bridgehead atoms. The van der Waals surface area contributed by atoms with Crippen molar-refractivity contribution in [1.29, 1.82) is 0 Å². The Kier molecular flexibility index (Phi) is 2.12. The summed E-state index contributed by atoms with van der Waals surface area (Å²) in [6.07, 6.45) is 1.71. The fraction of sp³-hybridized carbons (Fsp3) is 0.714. The summed E-state index contributed by atoms with van der Waals surface area (Å²) in [6.45, 7) is 2.33. The maximum Gasteiger partial charge on any atom is 0.293 e. The van der Waals surface area contributed by atoms with E-state index in [2.05, 4.69) is 5.32 Å². The molecular formula is C7H11NO3. The molecule has 0 aromatic carbocycles. The van der Waals surface area contributed by atoms with Crippen molar-refractivity contribution >= 4 is 12.4 Å². The normalized spacial score (nSPS) is 18.6. The van der Waals surface area contributed by atoms with E-state index >= 15 is 0 Å². The van der Waals surface area contributed by atoms with Gasteiger partial charge in [0.05, 0.1) is 6.54 Å². The van der Waals surface area contributed by atoms with Crippen LogP contribution in [0.5, 0.6) is 0 Å². The zero-order chi connectivity index (χ0) is 8.32. The van der Waals surface area contributed by atoms with Crippen LogP contribution in [-0.2, 0) is 14.3 Å². The van der Waals surface area contributed by atoms with E-state index in [0.29, 0.717) is 13.0 Å². The zero-order valence-electron chi connectivity index (χ0n) is 6.42. The third-order valence-corrected chi connectivity index (χ3v) is 1.77. The molecule has 0 heterocycles. The van der Waals surface area contributed by atoms with E-state index in [1.54, 1.807) is 0 Å². The van der Waals surface area contributed by atoms with Gasteiger partial charge in [0, 0.05) is 6.92 Å². The van der Waals surface area contributed by atoms with Crippen molar-refractivity contribution in [2.45, 2.75) is 25.4 Å². The Bertz CT molecular complexity index is 175. The SMILES string of the molecule is CC(=O)NCC1(OC=O)CC1.